The summed E-state index contributed by atoms with van der Waals surface area (Å²) in [4.78, 5) is 12.0. The van der Waals surface area contributed by atoms with Crippen molar-refractivity contribution in [2.24, 2.45) is 0 Å². The van der Waals surface area contributed by atoms with Gasteiger partial charge < -0.3 is 15.2 Å². The van der Waals surface area contributed by atoms with Gasteiger partial charge in [0, 0.05) is 12.8 Å². The molecule has 18 heavy (non-hydrogen) atoms. The van der Waals surface area contributed by atoms with Crippen LogP contribution < -0.4 is 5.32 Å². The normalized spacial score (nSPS) is 14.1. The van der Waals surface area contributed by atoms with Crippen LogP contribution in [0.4, 0.5) is 5.69 Å². The maximum absolute atomic E-state index is 12.0. The summed E-state index contributed by atoms with van der Waals surface area (Å²) in [7, 11) is 1.47. The van der Waals surface area contributed by atoms with E-state index in [1.165, 1.54) is 19.2 Å². The Morgan fingerprint density at radius 2 is 1.94 bits per heavy atom. The number of phenolic OH excluding ortho intramolecular Hbond substituents is 1. The van der Waals surface area contributed by atoms with Crippen molar-refractivity contribution in [3.8, 4) is 5.75 Å². The number of benzene rings is 1. The lowest BCUT2D eigenvalue weighted by Gasteiger charge is -2.25. The number of halogens is 2. The minimum atomic E-state index is -0.920. The highest BCUT2D eigenvalue weighted by atomic mass is 35.5. The fourth-order valence-corrected chi connectivity index (χ4v) is 1.79. The Hall–Kier alpha value is -0.970. The predicted octanol–water partition coefficient (Wildman–Crippen LogP) is 3.45. The van der Waals surface area contributed by atoms with Crippen LogP contribution in [0.3, 0.4) is 0 Å². The summed E-state index contributed by atoms with van der Waals surface area (Å²) in [6.45, 7) is 3.53. The molecule has 6 heteroatoms. The summed E-state index contributed by atoms with van der Waals surface area (Å²) in [5, 5.41) is 12.2. The summed E-state index contributed by atoms with van der Waals surface area (Å²) in [6.07, 6.45) is 0.523. The van der Waals surface area contributed by atoms with E-state index in [4.69, 9.17) is 27.9 Å². The van der Waals surface area contributed by atoms with Crippen molar-refractivity contribution in [1.29, 1.82) is 0 Å². The number of carbonyl (C=O) groups is 1. The first-order valence-electron chi connectivity index (χ1n) is 5.38. The fraction of sp³-hybridized carbons (Fsp3) is 0.417. The molecular formula is C12H15Cl2NO3. The van der Waals surface area contributed by atoms with Crippen molar-refractivity contribution in [2.45, 2.75) is 25.9 Å². The van der Waals surface area contributed by atoms with Crippen molar-refractivity contribution >= 4 is 34.8 Å². The van der Waals surface area contributed by atoms with Crippen LogP contribution in [0.1, 0.15) is 20.3 Å². The lowest BCUT2D eigenvalue weighted by atomic mass is 10.0. The van der Waals surface area contributed by atoms with Crippen LogP contribution in [0.5, 0.6) is 5.75 Å². The lowest BCUT2D eigenvalue weighted by Crippen LogP contribution is -2.41. The molecule has 0 saturated heterocycles. The van der Waals surface area contributed by atoms with Crippen LogP contribution in [0.15, 0.2) is 12.1 Å². The number of methoxy groups -OCH3 is 1. The number of ether oxygens (including phenoxy) is 1. The zero-order valence-electron chi connectivity index (χ0n) is 10.4. The molecule has 0 aliphatic carbocycles. The molecule has 0 aliphatic heterocycles. The second kappa shape index (κ2) is 5.78. The summed E-state index contributed by atoms with van der Waals surface area (Å²) < 4.78 is 5.18. The molecule has 0 heterocycles. The number of aromatic hydroxyl groups is 1. The molecule has 1 aromatic rings. The van der Waals surface area contributed by atoms with E-state index < -0.39 is 5.60 Å². The molecule has 1 rings (SSSR count). The van der Waals surface area contributed by atoms with E-state index in [1.54, 1.807) is 6.92 Å². The highest BCUT2D eigenvalue weighted by Crippen LogP contribution is 2.35. The topological polar surface area (TPSA) is 58.6 Å². The molecule has 100 valence electrons. The second-order valence-electron chi connectivity index (χ2n) is 4.03. The van der Waals surface area contributed by atoms with E-state index in [0.29, 0.717) is 12.1 Å². The molecule has 0 aromatic heterocycles. The molecule has 0 spiro atoms. The van der Waals surface area contributed by atoms with Crippen LogP contribution in [0, 0.1) is 0 Å². The van der Waals surface area contributed by atoms with Gasteiger partial charge >= 0.3 is 0 Å². The number of hydrogen-bond acceptors (Lipinski definition) is 3. The SMILES string of the molecule is CCC(C)(OC)C(=O)Nc1cc(Cl)c(O)c(Cl)c1. The highest BCUT2D eigenvalue weighted by molar-refractivity contribution is 6.37. The molecule has 1 atom stereocenters. The summed E-state index contributed by atoms with van der Waals surface area (Å²) >= 11 is 11.5. The monoisotopic (exact) mass is 291 g/mol. The van der Waals surface area contributed by atoms with Gasteiger partial charge in [0.2, 0.25) is 0 Å². The smallest absolute Gasteiger partial charge is 0.256 e. The van der Waals surface area contributed by atoms with Gasteiger partial charge in [-0.25, -0.2) is 0 Å². The average Bonchev–Trinajstić information content (AvgIpc) is 2.34. The van der Waals surface area contributed by atoms with Crippen molar-refractivity contribution in [2.75, 3.05) is 12.4 Å². The second-order valence-corrected chi connectivity index (χ2v) is 4.85. The first-order chi connectivity index (χ1) is 8.34. The van der Waals surface area contributed by atoms with E-state index in [2.05, 4.69) is 5.32 Å². The third-order valence-electron chi connectivity index (χ3n) is 2.88. The first kappa shape index (κ1) is 15.1. The summed E-state index contributed by atoms with van der Waals surface area (Å²) in [6, 6.07) is 2.85. The molecule has 2 N–H and O–H groups in total. The van der Waals surface area contributed by atoms with Crippen molar-refractivity contribution in [3.63, 3.8) is 0 Å². The van der Waals surface area contributed by atoms with Gasteiger partial charge in [-0.05, 0) is 25.5 Å². The van der Waals surface area contributed by atoms with E-state index in [0.717, 1.165) is 0 Å². The number of hydrogen-bond donors (Lipinski definition) is 2. The Kier molecular flexibility index (Phi) is 4.85. The molecule has 4 nitrogen and oxygen atoms in total. The van der Waals surface area contributed by atoms with Gasteiger partial charge in [0.25, 0.3) is 5.91 Å². The molecular weight excluding hydrogens is 277 g/mol. The van der Waals surface area contributed by atoms with Gasteiger partial charge in [-0.1, -0.05) is 30.1 Å². The molecule has 0 saturated carbocycles. The molecule has 0 fully saturated rings. The highest BCUT2D eigenvalue weighted by Gasteiger charge is 2.31. The minimum absolute atomic E-state index is 0.0772. The number of rotatable bonds is 4. The molecule has 1 unspecified atom stereocenters. The van der Waals surface area contributed by atoms with Gasteiger partial charge in [-0.2, -0.15) is 0 Å². The van der Waals surface area contributed by atoms with Gasteiger partial charge in [-0.15, -0.1) is 0 Å². The molecule has 1 aromatic carbocycles. The van der Waals surface area contributed by atoms with Gasteiger partial charge in [0.15, 0.2) is 5.75 Å². The van der Waals surface area contributed by atoms with Crippen LogP contribution in [-0.4, -0.2) is 23.7 Å². The predicted molar refractivity (Wildman–Crippen MR) is 72.5 cm³/mol. The Balaban J connectivity index is 2.95. The zero-order valence-corrected chi connectivity index (χ0v) is 11.9. The number of phenols is 1. The number of carbonyl (C=O) groups excluding carboxylic acids is 1. The average molecular weight is 292 g/mol. The van der Waals surface area contributed by atoms with E-state index in [9.17, 15) is 9.90 Å². The van der Waals surface area contributed by atoms with Gasteiger partial charge in [0.05, 0.1) is 10.0 Å². The maximum Gasteiger partial charge on any atom is 0.256 e. The van der Waals surface area contributed by atoms with E-state index in [-0.39, 0.29) is 21.7 Å². The summed E-state index contributed by atoms with van der Waals surface area (Å²) in [5.41, 5.74) is -0.513. The standard InChI is InChI=1S/C12H15Cl2NO3/c1-4-12(2,18-3)11(17)15-7-5-8(13)10(16)9(14)6-7/h5-6,16H,4H2,1-3H3,(H,15,17). The Morgan fingerprint density at radius 1 is 1.44 bits per heavy atom. The van der Waals surface area contributed by atoms with E-state index in [1.807, 2.05) is 6.92 Å². The molecule has 0 aliphatic rings. The largest absolute Gasteiger partial charge is 0.505 e. The van der Waals surface area contributed by atoms with Crippen molar-refractivity contribution in [3.05, 3.63) is 22.2 Å². The first-order valence-corrected chi connectivity index (χ1v) is 6.14. The fourth-order valence-electron chi connectivity index (χ4n) is 1.30. The quantitative estimate of drug-likeness (QED) is 0.836. The molecule has 1 amide bonds. The van der Waals surface area contributed by atoms with Gasteiger partial charge in [-0.3, -0.25) is 4.79 Å². The van der Waals surface area contributed by atoms with Gasteiger partial charge in [0.1, 0.15) is 5.60 Å². The maximum atomic E-state index is 12.0. The zero-order chi connectivity index (χ0) is 13.9. The third kappa shape index (κ3) is 3.07. The van der Waals surface area contributed by atoms with Crippen LogP contribution in [0.25, 0.3) is 0 Å². The molecule has 0 bridgehead atoms. The van der Waals surface area contributed by atoms with Crippen molar-refractivity contribution < 1.29 is 14.6 Å². The summed E-state index contributed by atoms with van der Waals surface area (Å²) in [5.74, 6) is -0.508. The number of nitrogens with one attached hydrogen (secondary N) is 1. The van der Waals surface area contributed by atoms with E-state index >= 15 is 0 Å². The Morgan fingerprint density at radius 3 is 2.33 bits per heavy atom. The van der Waals surface area contributed by atoms with Crippen LogP contribution >= 0.6 is 23.2 Å². The Bertz CT molecular complexity index is 436. The number of anilines is 1. The minimum Gasteiger partial charge on any atom is -0.505 e. The van der Waals surface area contributed by atoms with Crippen LogP contribution in [-0.2, 0) is 9.53 Å². The third-order valence-corrected chi connectivity index (χ3v) is 3.46. The Labute approximate surface area is 116 Å². The number of amides is 1. The van der Waals surface area contributed by atoms with Crippen LogP contribution in [0.2, 0.25) is 10.0 Å². The lowest BCUT2D eigenvalue weighted by molar-refractivity contribution is -0.136. The van der Waals surface area contributed by atoms with Crippen molar-refractivity contribution in [1.82, 2.24) is 0 Å². The molecule has 0 radical (unpaired) electrons.